The van der Waals surface area contributed by atoms with Gasteiger partial charge in [0.1, 0.15) is 0 Å². The molecule has 1 heterocycles. The molecule has 3 heteroatoms. The summed E-state index contributed by atoms with van der Waals surface area (Å²) in [5.41, 5.74) is 5.89. The summed E-state index contributed by atoms with van der Waals surface area (Å²) in [6, 6.07) is 0.00718. The molecule has 94 valence electrons. The van der Waals surface area contributed by atoms with Crippen molar-refractivity contribution >= 4 is 5.91 Å². The molecule has 1 rings (SSSR count). The first-order valence-electron chi connectivity index (χ1n) is 6.31. The third kappa shape index (κ3) is 2.76. The summed E-state index contributed by atoms with van der Waals surface area (Å²) in [6.07, 6.45) is 2.24. The molecule has 1 fully saturated rings. The molecule has 0 aliphatic carbocycles. The highest BCUT2D eigenvalue weighted by molar-refractivity contribution is 5.83. The van der Waals surface area contributed by atoms with Crippen molar-refractivity contribution in [3.63, 3.8) is 0 Å². The van der Waals surface area contributed by atoms with Crippen molar-refractivity contribution in [3.05, 3.63) is 0 Å². The predicted molar refractivity (Wildman–Crippen MR) is 67.0 cm³/mol. The van der Waals surface area contributed by atoms with Crippen LogP contribution >= 0.6 is 0 Å². The predicted octanol–water partition coefficient (Wildman–Crippen LogP) is 2.01. The number of amides is 1. The minimum atomic E-state index is -0.383. The van der Waals surface area contributed by atoms with Gasteiger partial charge in [0.05, 0.1) is 6.04 Å². The van der Waals surface area contributed by atoms with Crippen molar-refractivity contribution in [3.8, 4) is 0 Å². The molecule has 0 aromatic heterocycles. The average molecular weight is 226 g/mol. The Bertz CT molecular complexity index is 255. The van der Waals surface area contributed by atoms with Gasteiger partial charge < -0.3 is 10.6 Å². The van der Waals surface area contributed by atoms with Crippen molar-refractivity contribution in [2.24, 2.45) is 17.1 Å². The van der Waals surface area contributed by atoms with E-state index in [-0.39, 0.29) is 17.4 Å². The molecule has 0 spiro atoms. The summed E-state index contributed by atoms with van der Waals surface area (Å²) in [4.78, 5) is 14.3. The second-order valence-electron chi connectivity index (χ2n) is 6.33. The van der Waals surface area contributed by atoms with Crippen LogP contribution in [0.2, 0.25) is 0 Å². The molecular weight excluding hydrogens is 200 g/mol. The normalized spacial score (nSPS) is 23.9. The summed E-state index contributed by atoms with van der Waals surface area (Å²) in [6.45, 7) is 11.3. The van der Waals surface area contributed by atoms with Crippen LogP contribution in [0.4, 0.5) is 0 Å². The smallest absolute Gasteiger partial charge is 0.240 e. The van der Waals surface area contributed by atoms with Crippen LogP contribution in [0.15, 0.2) is 0 Å². The van der Waals surface area contributed by atoms with Crippen LogP contribution in [0, 0.1) is 11.3 Å². The lowest BCUT2D eigenvalue weighted by Crippen LogP contribution is -2.52. The summed E-state index contributed by atoms with van der Waals surface area (Å²) in [5, 5.41) is 0. The lowest BCUT2D eigenvalue weighted by atomic mass is 9.86. The zero-order valence-electron chi connectivity index (χ0n) is 11.3. The molecule has 1 unspecified atom stereocenters. The first-order chi connectivity index (χ1) is 7.25. The Kier molecular flexibility index (Phi) is 4.00. The molecular formula is C13H26N2O. The van der Waals surface area contributed by atoms with Gasteiger partial charge in [-0.2, -0.15) is 0 Å². The fourth-order valence-corrected chi connectivity index (χ4v) is 2.31. The minimum absolute atomic E-state index is 0.128. The first-order valence-corrected chi connectivity index (χ1v) is 6.31. The highest BCUT2D eigenvalue weighted by Gasteiger charge is 2.37. The fourth-order valence-electron chi connectivity index (χ4n) is 2.31. The Morgan fingerprint density at radius 1 is 1.38 bits per heavy atom. The maximum Gasteiger partial charge on any atom is 0.240 e. The van der Waals surface area contributed by atoms with Crippen LogP contribution in [0.25, 0.3) is 0 Å². The minimum Gasteiger partial charge on any atom is -0.338 e. The Labute approximate surface area is 99.4 Å². The molecule has 2 N–H and O–H groups in total. The lowest BCUT2D eigenvalue weighted by Gasteiger charge is -2.34. The SMILES string of the molecule is CC(C)C1CCCN1C(=O)[C@@H](N)C(C)(C)C. The second-order valence-corrected chi connectivity index (χ2v) is 6.33. The van der Waals surface area contributed by atoms with Crippen molar-refractivity contribution in [1.82, 2.24) is 4.90 Å². The largest absolute Gasteiger partial charge is 0.338 e. The number of nitrogens with two attached hydrogens (primary N) is 1. The number of rotatable bonds is 2. The molecule has 3 nitrogen and oxygen atoms in total. The number of carbonyl (C=O) groups is 1. The van der Waals surface area contributed by atoms with Gasteiger partial charge in [0.15, 0.2) is 0 Å². The van der Waals surface area contributed by atoms with E-state index < -0.39 is 0 Å². The summed E-state index contributed by atoms with van der Waals surface area (Å²) in [7, 11) is 0. The summed E-state index contributed by atoms with van der Waals surface area (Å²) >= 11 is 0. The van der Waals surface area contributed by atoms with Crippen LogP contribution in [0.1, 0.15) is 47.5 Å². The Balaban J connectivity index is 2.74. The molecule has 16 heavy (non-hydrogen) atoms. The van der Waals surface area contributed by atoms with Gasteiger partial charge in [-0.1, -0.05) is 34.6 Å². The van der Waals surface area contributed by atoms with Crippen LogP contribution in [0.5, 0.6) is 0 Å². The first kappa shape index (κ1) is 13.5. The van der Waals surface area contributed by atoms with Gasteiger partial charge in [0.2, 0.25) is 5.91 Å². The molecule has 1 amide bonds. The number of hydrogen-bond donors (Lipinski definition) is 1. The van der Waals surface area contributed by atoms with E-state index in [9.17, 15) is 4.79 Å². The highest BCUT2D eigenvalue weighted by atomic mass is 16.2. The number of nitrogens with zero attached hydrogens (tertiary/aromatic N) is 1. The molecule has 0 radical (unpaired) electrons. The molecule has 0 saturated carbocycles. The molecule has 0 aromatic rings. The molecule has 1 saturated heterocycles. The molecule has 1 aliphatic rings. The third-order valence-electron chi connectivity index (χ3n) is 3.55. The van der Waals surface area contributed by atoms with Crippen molar-refractivity contribution in [2.45, 2.75) is 59.5 Å². The zero-order valence-corrected chi connectivity index (χ0v) is 11.3. The number of likely N-dealkylation sites (tertiary alicyclic amines) is 1. The van der Waals surface area contributed by atoms with Crippen molar-refractivity contribution in [1.29, 1.82) is 0 Å². The standard InChI is InChI=1S/C13H26N2O/c1-9(2)10-7-6-8-15(10)12(16)11(14)13(3,4)5/h9-11H,6-8,14H2,1-5H3/t10?,11-/m1/s1. The van der Waals surface area contributed by atoms with E-state index in [0.717, 1.165) is 19.4 Å². The zero-order chi connectivity index (χ0) is 12.5. The highest BCUT2D eigenvalue weighted by Crippen LogP contribution is 2.27. The Morgan fingerprint density at radius 3 is 2.38 bits per heavy atom. The monoisotopic (exact) mass is 226 g/mol. The van der Waals surface area contributed by atoms with E-state index in [1.54, 1.807) is 0 Å². The molecule has 0 aromatic carbocycles. The Morgan fingerprint density at radius 2 is 1.94 bits per heavy atom. The molecule has 0 bridgehead atoms. The van der Waals surface area contributed by atoms with Gasteiger partial charge in [-0.25, -0.2) is 0 Å². The summed E-state index contributed by atoms with van der Waals surface area (Å²) in [5.74, 6) is 0.655. The maximum atomic E-state index is 12.3. The van der Waals surface area contributed by atoms with Gasteiger partial charge in [-0.3, -0.25) is 4.79 Å². The fraction of sp³-hybridized carbons (Fsp3) is 0.923. The van der Waals surface area contributed by atoms with Crippen molar-refractivity contribution < 1.29 is 4.79 Å². The van der Waals surface area contributed by atoms with Gasteiger partial charge >= 0.3 is 0 Å². The van der Waals surface area contributed by atoms with Gasteiger partial charge in [0, 0.05) is 12.6 Å². The van der Waals surface area contributed by atoms with E-state index in [1.165, 1.54) is 0 Å². The maximum absolute atomic E-state index is 12.3. The van der Waals surface area contributed by atoms with Crippen LogP contribution in [-0.4, -0.2) is 29.4 Å². The van der Waals surface area contributed by atoms with E-state index in [1.807, 2.05) is 25.7 Å². The van der Waals surface area contributed by atoms with E-state index in [0.29, 0.717) is 12.0 Å². The van der Waals surface area contributed by atoms with Crippen molar-refractivity contribution in [2.75, 3.05) is 6.54 Å². The van der Waals surface area contributed by atoms with Crippen LogP contribution in [0.3, 0.4) is 0 Å². The quantitative estimate of drug-likeness (QED) is 0.783. The third-order valence-corrected chi connectivity index (χ3v) is 3.55. The number of carbonyl (C=O) groups excluding carboxylic acids is 1. The van der Waals surface area contributed by atoms with E-state index in [4.69, 9.17) is 5.73 Å². The van der Waals surface area contributed by atoms with Gasteiger partial charge in [0.25, 0.3) is 0 Å². The summed E-state index contributed by atoms with van der Waals surface area (Å²) < 4.78 is 0. The van der Waals surface area contributed by atoms with Crippen LogP contribution in [-0.2, 0) is 4.79 Å². The molecule has 1 aliphatic heterocycles. The second kappa shape index (κ2) is 4.74. The van der Waals surface area contributed by atoms with E-state index in [2.05, 4.69) is 13.8 Å². The van der Waals surface area contributed by atoms with E-state index >= 15 is 0 Å². The van der Waals surface area contributed by atoms with Gasteiger partial charge in [-0.15, -0.1) is 0 Å². The van der Waals surface area contributed by atoms with Gasteiger partial charge in [-0.05, 0) is 24.2 Å². The van der Waals surface area contributed by atoms with Crippen LogP contribution < -0.4 is 5.73 Å². The lowest BCUT2D eigenvalue weighted by molar-refractivity contribution is -0.136. The average Bonchev–Trinajstić information content (AvgIpc) is 2.62. The molecule has 2 atom stereocenters. The Hall–Kier alpha value is -0.570. The topological polar surface area (TPSA) is 46.3 Å². The number of hydrogen-bond acceptors (Lipinski definition) is 2.